The van der Waals surface area contributed by atoms with Crippen LogP contribution in [0.15, 0.2) is 42.9 Å². The molecule has 3 aromatic heterocycles. The molecule has 0 amide bonds. The molecule has 0 radical (unpaired) electrons. The Hall–Kier alpha value is -3.18. The molecule has 0 unspecified atom stereocenters. The Bertz CT molecular complexity index is 1350. The van der Waals surface area contributed by atoms with Gasteiger partial charge in [0.2, 0.25) is 0 Å². The molecule has 11 heteroatoms. The fourth-order valence-electron chi connectivity index (χ4n) is 4.53. The standard InChI is InChI=1S/C25H29F3N6OSi/c1-36(2,3)7-6-35-15-34-24-21(8-16(11-29-24)17-12-30-31-13-17)25(32-34)33-14-19(27)10-23(33)20-9-18(26)4-5-22(20)28/h4-5,8-9,11-13,19,23H,6-7,10,14-15H2,1-3H3,(H,30,31)/t19-,23+/m0/s1. The summed E-state index contributed by atoms with van der Waals surface area (Å²) in [5.74, 6) is -0.676. The van der Waals surface area contributed by atoms with E-state index in [-0.39, 0.29) is 25.3 Å². The van der Waals surface area contributed by atoms with E-state index in [9.17, 15) is 13.2 Å². The molecule has 0 aliphatic carbocycles. The Kier molecular flexibility index (Phi) is 6.60. The summed E-state index contributed by atoms with van der Waals surface area (Å²) < 4.78 is 51.1. The van der Waals surface area contributed by atoms with Crippen molar-refractivity contribution in [3.63, 3.8) is 0 Å². The van der Waals surface area contributed by atoms with Gasteiger partial charge in [0.05, 0.1) is 24.2 Å². The number of aromatic nitrogens is 5. The lowest BCUT2D eigenvalue weighted by atomic mass is 10.0. The molecule has 0 bridgehead atoms. The maximum atomic E-state index is 14.8. The monoisotopic (exact) mass is 514 g/mol. The highest BCUT2D eigenvalue weighted by Gasteiger charge is 2.37. The van der Waals surface area contributed by atoms with Gasteiger partial charge in [-0.05, 0) is 30.3 Å². The smallest absolute Gasteiger partial charge is 0.162 e. The predicted molar refractivity (Wildman–Crippen MR) is 135 cm³/mol. The summed E-state index contributed by atoms with van der Waals surface area (Å²) in [5.41, 5.74) is 2.34. The van der Waals surface area contributed by atoms with Gasteiger partial charge in [-0.3, -0.25) is 5.10 Å². The number of hydrogen-bond acceptors (Lipinski definition) is 5. The van der Waals surface area contributed by atoms with Crippen LogP contribution in [0.5, 0.6) is 0 Å². The van der Waals surface area contributed by atoms with Crippen LogP contribution >= 0.6 is 0 Å². The number of H-pyrrole nitrogens is 1. The normalized spacial score (nSPS) is 18.4. The summed E-state index contributed by atoms with van der Waals surface area (Å²) in [4.78, 5) is 6.35. The summed E-state index contributed by atoms with van der Waals surface area (Å²) in [7, 11) is -1.26. The molecule has 2 atom stereocenters. The summed E-state index contributed by atoms with van der Waals surface area (Å²) in [6.07, 6.45) is 3.99. The highest BCUT2D eigenvalue weighted by atomic mass is 28.3. The van der Waals surface area contributed by atoms with Crippen molar-refractivity contribution < 1.29 is 17.9 Å². The number of pyridine rings is 1. The molecule has 4 heterocycles. The Labute approximate surface area is 208 Å². The molecule has 36 heavy (non-hydrogen) atoms. The third kappa shape index (κ3) is 5.03. The van der Waals surface area contributed by atoms with Crippen molar-refractivity contribution in [1.29, 1.82) is 0 Å². The van der Waals surface area contributed by atoms with Crippen molar-refractivity contribution in [2.45, 2.75) is 51.1 Å². The molecule has 0 spiro atoms. The zero-order valence-corrected chi connectivity index (χ0v) is 21.5. The maximum absolute atomic E-state index is 14.8. The lowest BCUT2D eigenvalue weighted by Crippen LogP contribution is -2.25. The van der Waals surface area contributed by atoms with Crippen molar-refractivity contribution >= 4 is 24.9 Å². The second kappa shape index (κ2) is 9.70. The first-order valence-electron chi connectivity index (χ1n) is 12.0. The molecule has 1 saturated heterocycles. The minimum Gasteiger partial charge on any atom is -0.359 e. The van der Waals surface area contributed by atoms with E-state index in [1.165, 1.54) is 0 Å². The molecule has 1 fully saturated rings. The van der Waals surface area contributed by atoms with E-state index in [1.54, 1.807) is 28.2 Å². The molecule has 4 aromatic rings. The van der Waals surface area contributed by atoms with Crippen molar-refractivity contribution in [2.75, 3.05) is 18.1 Å². The van der Waals surface area contributed by atoms with Crippen LogP contribution in [0.2, 0.25) is 25.7 Å². The van der Waals surface area contributed by atoms with Crippen LogP contribution in [-0.2, 0) is 11.5 Å². The van der Waals surface area contributed by atoms with Gasteiger partial charge in [-0.2, -0.15) is 10.2 Å². The average molecular weight is 515 g/mol. The van der Waals surface area contributed by atoms with Crippen molar-refractivity contribution in [3.8, 4) is 11.1 Å². The summed E-state index contributed by atoms with van der Waals surface area (Å²) in [5, 5.41) is 12.2. The van der Waals surface area contributed by atoms with Gasteiger partial charge in [-0.25, -0.2) is 22.8 Å². The zero-order chi connectivity index (χ0) is 25.4. The molecule has 1 aliphatic heterocycles. The number of alkyl halides is 1. The highest BCUT2D eigenvalue weighted by molar-refractivity contribution is 6.76. The Morgan fingerprint density at radius 1 is 1.14 bits per heavy atom. The first kappa shape index (κ1) is 24.5. The van der Waals surface area contributed by atoms with E-state index in [0.717, 1.165) is 35.4 Å². The number of anilines is 1. The SMILES string of the molecule is C[Si](C)(C)CCOCn1nc(N2C[C@@H](F)C[C@@H]2c2cc(F)ccc2F)c2cc(-c3cn[nH]c3)cnc21. The molecule has 190 valence electrons. The minimum atomic E-state index is -1.26. The van der Waals surface area contributed by atoms with Crippen molar-refractivity contribution in [3.05, 3.63) is 60.1 Å². The van der Waals surface area contributed by atoms with Gasteiger partial charge < -0.3 is 9.64 Å². The van der Waals surface area contributed by atoms with E-state index >= 15 is 0 Å². The molecule has 1 N–H and O–H groups in total. The molecule has 1 aliphatic rings. The number of nitrogens with one attached hydrogen (secondary N) is 1. The largest absolute Gasteiger partial charge is 0.359 e. The van der Waals surface area contributed by atoms with Crippen LogP contribution in [-0.4, -0.2) is 52.4 Å². The molecular weight excluding hydrogens is 485 g/mol. The number of ether oxygens (including phenoxy) is 1. The summed E-state index contributed by atoms with van der Waals surface area (Å²) in [6, 6.07) is 5.50. The van der Waals surface area contributed by atoms with Crippen molar-refractivity contribution in [2.24, 2.45) is 0 Å². The lowest BCUT2D eigenvalue weighted by Gasteiger charge is -2.25. The number of hydrogen-bond donors (Lipinski definition) is 1. The van der Waals surface area contributed by atoms with E-state index in [2.05, 4.69) is 34.8 Å². The zero-order valence-electron chi connectivity index (χ0n) is 20.5. The van der Waals surface area contributed by atoms with Crippen LogP contribution in [0.1, 0.15) is 18.0 Å². The Morgan fingerprint density at radius 2 is 1.97 bits per heavy atom. The third-order valence-corrected chi connectivity index (χ3v) is 8.15. The van der Waals surface area contributed by atoms with E-state index < -0.39 is 31.9 Å². The molecule has 1 aromatic carbocycles. The first-order valence-corrected chi connectivity index (χ1v) is 15.7. The number of nitrogens with zero attached hydrogens (tertiary/aromatic N) is 5. The second-order valence-corrected chi connectivity index (χ2v) is 16.0. The highest BCUT2D eigenvalue weighted by Crippen LogP contribution is 2.41. The fourth-order valence-corrected chi connectivity index (χ4v) is 5.28. The van der Waals surface area contributed by atoms with Crippen LogP contribution < -0.4 is 4.90 Å². The molecule has 0 saturated carbocycles. The Morgan fingerprint density at radius 3 is 2.72 bits per heavy atom. The van der Waals surface area contributed by atoms with Crippen LogP contribution in [0.25, 0.3) is 22.2 Å². The quantitative estimate of drug-likeness (QED) is 0.241. The van der Waals surface area contributed by atoms with Gasteiger partial charge >= 0.3 is 0 Å². The number of benzene rings is 1. The summed E-state index contributed by atoms with van der Waals surface area (Å²) in [6.45, 7) is 7.65. The predicted octanol–water partition coefficient (Wildman–Crippen LogP) is 5.70. The molecular formula is C25H29F3N6OSi. The van der Waals surface area contributed by atoms with Gasteiger partial charge in [0.1, 0.15) is 24.5 Å². The Balaban J connectivity index is 1.55. The van der Waals surface area contributed by atoms with Crippen molar-refractivity contribution in [1.82, 2.24) is 25.0 Å². The molecule has 7 nitrogen and oxygen atoms in total. The number of rotatable bonds is 8. The number of fused-ring (bicyclic) bond motifs is 1. The van der Waals surface area contributed by atoms with Gasteiger partial charge in [0.25, 0.3) is 0 Å². The minimum absolute atomic E-state index is 0.0130. The van der Waals surface area contributed by atoms with Crippen LogP contribution in [0, 0.1) is 11.6 Å². The van der Waals surface area contributed by atoms with Gasteiger partial charge in [-0.15, -0.1) is 0 Å². The van der Waals surface area contributed by atoms with Gasteiger partial charge in [0.15, 0.2) is 11.5 Å². The van der Waals surface area contributed by atoms with E-state index in [1.807, 2.05) is 6.07 Å². The average Bonchev–Trinajstić information content (AvgIpc) is 3.56. The van der Waals surface area contributed by atoms with E-state index in [0.29, 0.717) is 23.5 Å². The third-order valence-electron chi connectivity index (χ3n) is 6.45. The first-order chi connectivity index (χ1) is 17.2. The topological polar surface area (TPSA) is 71.9 Å². The van der Waals surface area contributed by atoms with Crippen LogP contribution in [0.3, 0.4) is 0 Å². The number of aromatic amines is 1. The van der Waals surface area contributed by atoms with E-state index in [4.69, 9.17) is 9.84 Å². The number of halogens is 3. The van der Waals surface area contributed by atoms with Crippen LogP contribution in [0.4, 0.5) is 19.0 Å². The molecule has 5 rings (SSSR count). The second-order valence-electron chi connectivity index (χ2n) is 10.4. The lowest BCUT2D eigenvalue weighted by molar-refractivity contribution is 0.0814. The fraction of sp³-hybridized carbons (Fsp3) is 0.400. The maximum Gasteiger partial charge on any atom is 0.162 e. The van der Waals surface area contributed by atoms with Gasteiger partial charge in [0, 0.05) is 50.2 Å². The van der Waals surface area contributed by atoms with Gasteiger partial charge in [-0.1, -0.05) is 19.6 Å². The summed E-state index contributed by atoms with van der Waals surface area (Å²) >= 11 is 0.